The second-order valence-electron chi connectivity index (χ2n) is 4.41. The van der Waals surface area contributed by atoms with Gasteiger partial charge >= 0.3 is 0 Å². The summed E-state index contributed by atoms with van der Waals surface area (Å²) in [4.78, 5) is 4.33. The van der Waals surface area contributed by atoms with Gasteiger partial charge in [0.25, 0.3) is 0 Å². The highest BCUT2D eigenvalue weighted by Gasteiger charge is 2.08. The van der Waals surface area contributed by atoms with Gasteiger partial charge in [0.2, 0.25) is 0 Å². The normalized spacial score (nSPS) is 10.9. The molecule has 1 aromatic heterocycles. The molecule has 0 atom stereocenters. The molecule has 1 N–H and O–H groups in total. The van der Waals surface area contributed by atoms with Crippen molar-refractivity contribution in [2.75, 3.05) is 0 Å². The zero-order chi connectivity index (χ0) is 13.1. The van der Waals surface area contributed by atoms with Crippen LogP contribution >= 0.6 is 11.8 Å². The van der Waals surface area contributed by atoms with Crippen molar-refractivity contribution in [1.29, 1.82) is 0 Å². The number of aryl methyl sites for hydroxylation is 2. The summed E-state index contributed by atoms with van der Waals surface area (Å²) in [6.45, 7) is 4.31. The fraction of sp³-hybridized carbons (Fsp3) is 0.357. The van der Waals surface area contributed by atoms with Crippen LogP contribution in [0.1, 0.15) is 22.4 Å². The SMILES string of the molecule is Cc1cccc(C)c1CSc1ncc(CO)n1C. The molecule has 0 unspecified atom stereocenters. The Morgan fingerprint density at radius 2 is 1.94 bits per heavy atom. The van der Waals surface area contributed by atoms with Crippen molar-refractivity contribution in [2.45, 2.75) is 31.4 Å². The van der Waals surface area contributed by atoms with Gasteiger partial charge in [0.1, 0.15) is 0 Å². The van der Waals surface area contributed by atoms with Crippen LogP contribution in [-0.2, 0) is 19.4 Å². The molecule has 18 heavy (non-hydrogen) atoms. The minimum atomic E-state index is 0.0352. The summed E-state index contributed by atoms with van der Waals surface area (Å²) < 4.78 is 1.94. The van der Waals surface area contributed by atoms with Crippen molar-refractivity contribution in [3.05, 3.63) is 46.8 Å². The second-order valence-corrected chi connectivity index (χ2v) is 5.35. The molecule has 0 spiro atoms. The zero-order valence-electron chi connectivity index (χ0n) is 11.0. The van der Waals surface area contributed by atoms with Gasteiger partial charge in [-0.25, -0.2) is 4.98 Å². The summed E-state index contributed by atoms with van der Waals surface area (Å²) >= 11 is 1.71. The van der Waals surface area contributed by atoms with Gasteiger partial charge in [0, 0.05) is 12.8 Å². The first-order chi connectivity index (χ1) is 8.63. The molecule has 2 rings (SSSR count). The maximum Gasteiger partial charge on any atom is 0.168 e. The minimum Gasteiger partial charge on any atom is -0.390 e. The quantitative estimate of drug-likeness (QED) is 0.861. The van der Waals surface area contributed by atoms with Gasteiger partial charge in [-0.1, -0.05) is 30.0 Å². The first-order valence-corrected chi connectivity index (χ1v) is 6.91. The summed E-state index contributed by atoms with van der Waals surface area (Å²) in [6, 6.07) is 6.37. The van der Waals surface area contributed by atoms with E-state index in [1.807, 2.05) is 11.6 Å². The number of thioether (sulfide) groups is 1. The molecule has 0 aliphatic rings. The monoisotopic (exact) mass is 262 g/mol. The van der Waals surface area contributed by atoms with Crippen LogP contribution in [0.4, 0.5) is 0 Å². The second kappa shape index (κ2) is 5.59. The number of aliphatic hydroxyl groups excluding tert-OH is 1. The van der Waals surface area contributed by atoms with Gasteiger partial charge in [0.15, 0.2) is 5.16 Å². The average molecular weight is 262 g/mol. The van der Waals surface area contributed by atoms with E-state index < -0.39 is 0 Å². The highest BCUT2D eigenvalue weighted by molar-refractivity contribution is 7.98. The number of nitrogens with zero attached hydrogens (tertiary/aromatic N) is 2. The van der Waals surface area contributed by atoms with E-state index >= 15 is 0 Å². The molecule has 0 radical (unpaired) electrons. The Hall–Kier alpha value is -1.26. The molecule has 0 saturated carbocycles. The Balaban J connectivity index is 2.14. The van der Waals surface area contributed by atoms with Gasteiger partial charge in [-0.3, -0.25) is 0 Å². The number of hydrogen-bond acceptors (Lipinski definition) is 3. The predicted molar refractivity (Wildman–Crippen MR) is 74.6 cm³/mol. The standard InChI is InChI=1S/C14H18N2OS/c1-10-5-4-6-11(2)13(10)9-18-14-15-7-12(8-17)16(14)3/h4-7,17H,8-9H2,1-3H3. The van der Waals surface area contributed by atoms with Crippen LogP contribution in [0.2, 0.25) is 0 Å². The van der Waals surface area contributed by atoms with Crippen LogP contribution in [0.15, 0.2) is 29.6 Å². The van der Waals surface area contributed by atoms with E-state index in [9.17, 15) is 0 Å². The summed E-state index contributed by atoms with van der Waals surface area (Å²) in [5.41, 5.74) is 4.85. The first kappa shape index (κ1) is 13.2. The van der Waals surface area contributed by atoms with E-state index in [2.05, 4.69) is 37.0 Å². The van der Waals surface area contributed by atoms with Crippen molar-refractivity contribution in [2.24, 2.45) is 7.05 Å². The smallest absolute Gasteiger partial charge is 0.168 e. The topological polar surface area (TPSA) is 38.1 Å². The zero-order valence-corrected chi connectivity index (χ0v) is 11.8. The summed E-state index contributed by atoms with van der Waals surface area (Å²) in [7, 11) is 1.94. The van der Waals surface area contributed by atoms with Crippen LogP contribution in [0.25, 0.3) is 0 Å². The third-order valence-corrected chi connectivity index (χ3v) is 4.26. The van der Waals surface area contributed by atoms with E-state index in [4.69, 9.17) is 5.11 Å². The average Bonchev–Trinajstić information content (AvgIpc) is 2.70. The first-order valence-electron chi connectivity index (χ1n) is 5.93. The van der Waals surface area contributed by atoms with Crippen LogP contribution in [0, 0.1) is 13.8 Å². The molecule has 3 nitrogen and oxygen atoms in total. The number of rotatable bonds is 4. The fourth-order valence-corrected chi connectivity index (χ4v) is 3.09. The van der Waals surface area contributed by atoms with Crippen LogP contribution in [0.3, 0.4) is 0 Å². The highest BCUT2D eigenvalue weighted by Crippen LogP contribution is 2.25. The molecule has 0 bridgehead atoms. The van der Waals surface area contributed by atoms with Crippen LogP contribution in [0.5, 0.6) is 0 Å². The van der Waals surface area contributed by atoms with Gasteiger partial charge in [-0.2, -0.15) is 0 Å². The van der Waals surface area contributed by atoms with E-state index in [-0.39, 0.29) is 6.61 Å². The maximum absolute atomic E-state index is 9.14. The third-order valence-electron chi connectivity index (χ3n) is 3.19. The Morgan fingerprint density at radius 1 is 1.28 bits per heavy atom. The molecular weight excluding hydrogens is 244 g/mol. The summed E-state index contributed by atoms with van der Waals surface area (Å²) in [6.07, 6.45) is 1.73. The highest BCUT2D eigenvalue weighted by atomic mass is 32.2. The largest absolute Gasteiger partial charge is 0.390 e. The van der Waals surface area contributed by atoms with E-state index in [0.717, 1.165) is 16.6 Å². The molecule has 0 saturated heterocycles. The van der Waals surface area contributed by atoms with E-state index in [1.165, 1.54) is 16.7 Å². The molecule has 0 aliphatic heterocycles. The Bertz CT molecular complexity index is 528. The molecule has 0 aliphatic carbocycles. The van der Waals surface area contributed by atoms with Gasteiger partial charge in [-0.15, -0.1) is 0 Å². The van der Waals surface area contributed by atoms with Crippen molar-refractivity contribution >= 4 is 11.8 Å². The predicted octanol–water partition coefficient (Wildman–Crippen LogP) is 2.82. The van der Waals surface area contributed by atoms with Crippen LogP contribution in [-0.4, -0.2) is 14.7 Å². The molecule has 96 valence electrons. The van der Waals surface area contributed by atoms with E-state index in [1.54, 1.807) is 18.0 Å². The van der Waals surface area contributed by atoms with Crippen molar-refractivity contribution in [3.63, 3.8) is 0 Å². The van der Waals surface area contributed by atoms with Gasteiger partial charge in [-0.05, 0) is 30.5 Å². The minimum absolute atomic E-state index is 0.0352. The number of imidazole rings is 1. The maximum atomic E-state index is 9.14. The van der Waals surface area contributed by atoms with Gasteiger partial charge < -0.3 is 9.67 Å². The van der Waals surface area contributed by atoms with Crippen molar-refractivity contribution in [1.82, 2.24) is 9.55 Å². The molecule has 0 amide bonds. The van der Waals surface area contributed by atoms with Crippen molar-refractivity contribution < 1.29 is 5.11 Å². The van der Waals surface area contributed by atoms with E-state index in [0.29, 0.717) is 0 Å². The Morgan fingerprint density at radius 3 is 2.50 bits per heavy atom. The number of aliphatic hydroxyl groups is 1. The van der Waals surface area contributed by atoms with Gasteiger partial charge in [0.05, 0.1) is 18.5 Å². The lowest BCUT2D eigenvalue weighted by atomic mass is 10.1. The summed E-state index contributed by atoms with van der Waals surface area (Å²) in [5.74, 6) is 0.911. The summed E-state index contributed by atoms with van der Waals surface area (Å²) in [5, 5.41) is 10.1. The molecular formula is C14H18N2OS. The molecule has 4 heteroatoms. The van der Waals surface area contributed by atoms with Crippen molar-refractivity contribution in [3.8, 4) is 0 Å². The number of benzene rings is 1. The molecule has 1 heterocycles. The third kappa shape index (κ3) is 2.60. The molecule has 1 aromatic carbocycles. The fourth-order valence-electron chi connectivity index (χ4n) is 1.92. The molecule has 0 fully saturated rings. The lowest BCUT2D eigenvalue weighted by Gasteiger charge is -2.09. The number of aromatic nitrogens is 2. The lowest BCUT2D eigenvalue weighted by Crippen LogP contribution is -1.98. The number of hydrogen-bond donors (Lipinski definition) is 1. The Labute approximate surface area is 112 Å². The lowest BCUT2D eigenvalue weighted by molar-refractivity contribution is 0.271. The Kier molecular flexibility index (Phi) is 4.09. The van der Waals surface area contributed by atoms with Crippen LogP contribution < -0.4 is 0 Å². The molecule has 2 aromatic rings.